The minimum absolute atomic E-state index is 0.0233. The number of carbonyl (C=O) groups excluding carboxylic acids is 1. The van der Waals surface area contributed by atoms with Gasteiger partial charge in [-0.05, 0) is 96.7 Å². The van der Waals surface area contributed by atoms with E-state index in [1.54, 1.807) is 22.7 Å². The molecule has 3 aliphatic rings. The molecule has 0 aromatic heterocycles. The number of alkyl halides is 1. The third-order valence-corrected chi connectivity index (χ3v) is 13.6. The average molecular weight is 898 g/mol. The second-order valence-corrected chi connectivity index (χ2v) is 17.8. The Morgan fingerprint density at radius 1 is 0.984 bits per heavy atom. The van der Waals surface area contributed by atoms with Gasteiger partial charge in [0.15, 0.2) is 0 Å². The highest BCUT2D eigenvalue weighted by Crippen LogP contribution is 2.62. The van der Waals surface area contributed by atoms with Crippen LogP contribution in [0.3, 0.4) is 0 Å². The smallest absolute Gasteiger partial charge is 0.410 e. The normalized spacial score (nSPS) is 23.0. The van der Waals surface area contributed by atoms with Gasteiger partial charge in [0.2, 0.25) is 5.79 Å². The number of carbonyl (C=O) groups is 1. The molecule has 0 saturated heterocycles. The highest BCUT2D eigenvalue weighted by molar-refractivity contribution is 7.99. The van der Waals surface area contributed by atoms with Crippen molar-refractivity contribution in [3.05, 3.63) is 126 Å². The zero-order valence-corrected chi connectivity index (χ0v) is 37.8. The van der Waals surface area contributed by atoms with Gasteiger partial charge < -0.3 is 34.0 Å². The minimum atomic E-state index is -1.44. The molecule has 12 heteroatoms. The number of hydrogen-bond donors (Lipinski definition) is 2. The number of allylic oxidation sites excluding steroid dienone is 1. The van der Waals surface area contributed by atoms with Crippen LogP contribution < -0.4 is 9.47 Å². The van der Waals surface area contributed by atoms with E-state index in [1.807, 2.05) is 61.5 Å². The van der Waals surface area contributed by atoms with Crippen molar-refractivity contribution in [2.24, 2.45) is 22.9 Å². The fourth-order valence-corrected chi connectivity index (χ4v) is 10.7. The van der Waals surface area contributed by atoms with Crippen molar-refractivity contribution in [1.82, 2.24) is 4.90 Å². The predicted molar refractivity (Wildman–Crippen MR) is 251 cm³/mol. The van der Waals surface area contributed by atoms with Gasteiger partial charge in [-0.3, -0.25) is 4.90 Å². The molecule has 1 fully saturated rings. The van der Waals surface area contributed by atoms with E-state index in [9.17, 15) is 15.0 Å². The highest BCUT2D eigenvalue weighted by atomic mass is 35.5. The molecule has 7 rings (SSSR count). The lowest BCUT2D eigenvalue weighted by Gasteiger charge is -2.59. The summed E-state index contributed by atoms with van der Waals surface area (Å²) in [5.41, 5.74) is 3.63. The Bertz CT molecular complexity index is 2180. The maximum absolute atomic E-state index is 14.7. The van der Waals surface area contributed by atoms with Crippen LogP contribution in [0.5, 0.6) is 11.5 Å². The fourth-order valence-electron chi connectivity index (χ4n) is 9.84. The number of halogens is 1. The highest BCUT2D eigenvalue weighted by Gasteiger charge is 2.65. The average Bonchev–Trinajstić information content (AvgIpc) is 3.31. The van der Waals surface area contributed by atoms with Crippen LogP contribution in [-0.4, -0.2) is 90.0 Å². The lowest BCUT2D eigenvalue weighted by molar-refractivity contribution is -0.256. The molecule has 0 radical (unpaired) electrons. The van der Waals surface area contributed by atoms with Crippen LogP contribution in [0, 0.1) is 17.8 Å². The Kier molecular flexibility index (Phi) is 16.9. The molecular formula is C51H61ClN2O8S. The number of thioether (sulfide) groups is 1. The second-order valence-electron chi connectivity index (χ2n) is 16.3. The van der Waals surface area contributed by atoms with Crippen molar-refractivity contribution >= 4 is 45.9 Å². The van der Waals surface area contributed by atoms with E-state index in [1.165, 1.54) is 4.90 Å². The molecule has 63 heavy (non-hydrogen) atoms. The first kappa shape index (κ1) is 46.5. The monoisotopic (exact) mass is 896 g/mol. The van der Waals surface area contributed by atoms with Crippen LogP contribution in [-0.2, 0) is 20.9 Å². The van der Waals surface area contributed by atoms with Crippen molar-refractivity contribution in [1.29, 1.82) is 0 Å². The van der Waals surface area contributed by atoms with Gasteiger partial charge in [0.25, 0.3) is 0 Å². The molecule has 4 aromatic carbocycles. The largest absolute Gasteiger partial charge is 0.493 e. The van der Waals surface area contributed by atoms with E-state index in [0.29, 0.717) is 31.8 Å². The lowest BCUT2D eigenvalue weighted by Crippen LogP contribution is -2.70. The first-order valence-corrected chi connectivity index (χ1v) is 23.9. The number of fused-ring (bicyclic) bond motifs is 3. The summed E-state index contributed by atoms with van der Waals surface area (Å²) in [5, 5.41) is 26.8. The van der Waals surface area contributed by atoms with E-state index in [-0.39, 0.29) is 63.0 Å². The quantitative estimate of drug-likeness (QED) is 0.0247. The third kappa shape index (κ3) is 10.7. The van der Waals surface area contributed by atoms with Crippen LogP contribution in [0.4, 0.5) is 4.79 Å². The number of unbranched alkanes of at least 4 members (excludes halogenated alkanes) is 2. The number of hydrogen-bond acceptors (Lipinski definition) is 10. The molecule has 2 N–H and O–H groups in total. The SMILES string of the molecule is C=CCO[C@@]12Oc3ccc(OCCSc4ccccc4)cc3[C@H]3[C@H](CCCCO)[C@@H](CCCCO)C=C(C(=NOCC)C[C@@H]1N(Cc1cccc4ccccc14)C(=O)OCCCl)[C@H]32. The van der Waals surface area contributed by atoms with Crippen molar-refractivity contribution in [3.8, 4) is 11.5 Å². The summed E-state index contributed by atoms with van der Waals surface area (Å²) in [6.07, 6.45) is 8.47. The van der Waals surface area contributed by atoms with Crippen molar-refractivity contribution in [2.45, 2.75) is 81.1 Å². The number of amides is 1. The third-order valence-electron chi connectivity index (χ3n) is 12.4. The molecule has 0 bridgehead atoms. The zero-order valence-electron chi connectivity index (χ0n) is 36.2. The lowest BCUT2D eigenvalue weighted by atomic mass is 9.55. The van der Waals surface area contributed by atoms with Gasteiger partial charge in [-0.1, -0.05) is 90.8 Å². The molecular weight excluding hydrogens is 836 g/mol. The topological polar surface area (TPSA) is 119 Å². The van der Waals surface area contributed by atoms with Gasteiger partial charge >= 0.3 is 6.09 Å². The standard InChI is InChI=1S/C51H61ClN2O8S/c1-3-28-60-51-47(54(50(57)59-29-25-52)35-38-18-14-17-36-15-8-9-21-41(36)38)34-45(53-61-4-2)43-32-37(16-10-12-26-55)42(22-11-13-27-56)48(49(43)51)44-33-39(23-24-46(44)62-51)58-30-31-63-40-19-6-5-7-20-40/h3,5-9,14-15,17-21,23-24,32-33,37,42,47-49,55-56H,1,4,10-13,16,22,25-31,34-35H2,2H3/t37-,42+,47-,48+,49+,51+/m0/s1. The van der Waals surface area contributed by atoms with E-state index >= 15 is 0 Å². The predicted octanol–water partition coefficient (Wildman–Crippen LogP) is 10.5. The van der Waals surface area contributed by atoms with E-state index in [0.717, 1.165) is 70.4 Å². The first-order chi connectivity index (χ1) is 31.0. The number of ether oxygens (including phenoxy) is 4. The molecule has 0 unspecified atom stereocenters. The summed E-state index contributed by atoms with van der Waals surface area (Å²) in [4.78, 5) is 23.6. The molecule has 2 aliphatic carbocycles. The summed E-state index contributed by atoms with van der Waals surface area (Å²) in [6.45, 7) is 7.42. The summed E-state index contributed by atoms with van der Waals surface area (Å²) in [5.74, 6) is 0.396. The van der Waals surface area contributed by atoms with Gasteiger partial charge in [0, 0.05) is 41.8 Å². The van der Waals surface area contributed by atoms with Crippen LogP contribution in [0.25, 0.3) is 10.8 Å². The van der Waals surface area contributed by atoms with Crippen molar-refractivity contribution in [2.75, 3.05) is 51.3 Å². The van der Waals surface area contributed by atoms with E-state index < -0.39 is 23.8 Å². The van der Waals surface area contributed by atoms with Gasteiger partial charge in [0.05, 0.1) is 37.3 Å². The number of nitrogens with zero attached hydrogens (tertiary/aromatic N) is 2. The fraction of sp³-hybridized carbons (Fsp3) is 0.451. The van der Waals surface area contributed by atoms with Crippen molar-refractivity contribution in [3.63, 3.8) is 0 Å². The van der Waals surface area contributed by atoms with Gasteiger partial charge in [0.1, 0.15) is 30.8 Å². The summed E-state index contributed by atoms with van der Waals surface area (Å²) in [6, 6.07) is 29.9. The maximum atomic E-state index is 14.7. The Morgan fingerprint density at radius 2 is 1.76 bits per heavy atom. The van der Waals surface area contributed by atoms with Crippen LogP contribution in [0.2, 0.25) is 0 Å². The molecule has 0 spiro atoms. The molecule has 1 saturated carbocycles. The Labute approximate surface area is 381 Å². The minimum Gasteiger partial charge on any atom is -0.493 e. The van der Waals surface area contributed by atoms with Gasteiger partial charge in [-0.2, -0.15) is 0 Å². The summed E-state index contributed by atoms with van der Waals surface area (Å²) >= 11 is 7.90. The Balaban J connectivity index is 1.40. The Morgan fingerprint density at radius 3 is 2.54 bits per heavy atom. The molecule has 1 aliphatic heterocycles. The Hall–Kier alpha value is -4.52. The van der Waals surface area contributed by atoms with Crippen molar-refractivity contribution < 1.29 is 38.8 Å². The molecule has 336 valence electrons. The second kappa shape index (κ2) is 22.9. The molecule has 10 nitrogen and oxygen atoms in total. The first-order valence-electron chi connectivity index (χ1n) is 22.4. The number of aliphatic hydroxyl groups is 2. The maximum Gasteiger partial charge on any atom is 0.410 e. The van der Waals surface area contributed by atoms with Gasteiger partial charge in [-0.15, -0.1) is 29.9 Å². The summed E-state index contributed by atoms with van der Waals surface area (Å²) in [7, 11) is 0. The molecule has 6 atom stereocenters. The van der Waals surface area contributed by atoms with Crippen LogP contribution >= 0.6 is 23.4 Å². The summed E-state index contributed by atoms with van der Waals surface area (Å²) < 4.78 is 27.0. The van der Waals surface area contributed by atoms with E-state index in [4.69, 9.17) is 40.5 Å². The number of oxime groups is 1. The zero-order chi connectivity index (χ0) is 44.0. The molecule has 1 amide bonds. The van der Waals surface area contributed by atoms with Crippen LogP contribution in [0.15, 0.2) is 125 Å². The number of benzene rings is 4. The molecule has 1 heterocycles. The van der Waals surface area contributed by atoms with E-state index in [2.05, 4.69) is 49.1 Å². The van der Waals surface area contributed by atoms with Gasteiger partial charge in [-0.25, -0.2) is 4.79 Å². The number of aliphatic hydroxyl groups excluding tert-OH is 2. The number of rotatable bonds is 23. The van der Waals surface area contributed by atoms with Crippen LogP contribution in [0.1, 0.15) is 68.9 Å². The molecule has 4 aromatic rings.